The second-order valence-electron chi connectivity index (χ2n) is 5.44. The summed E-state index contributed by atoms with van der Waals surface area (Å²) in [5.74, 6) is -0.398. The maximum atomic E-state index is 13.5. The number of aromatic nitrogens is 1. The highest BCUT2D eigenvalue weighted by molar-refractivity contribution is 7.97. The van der Waals surface area contributed by atoms with Crippen LogP contribution in [0.25, 0.3) is 0 Å². The van der Waals surface area contributed by atoms with Crippen LogP contribution in [-0.2, 0) is 10.9 Å². The zero-order valence-corrected chi connectivity index (χ0v) is 12.9. The molecule has 0 saturated heterocycles. The molecular weight excluding hydrogens is 328 g/mol. The van der Waals surface area contributed by atoms with Crippen LogP contribution in [0.3, 0.4) is 0 Å². The summed E-state index contributed by atoms with van der Waals surface area (Å²) in [6, 6.07) is 2.84. The Morgan fingerprint density at radius 2 is 2.13 bits per heavy atom. The second kappa shape index (κ2) is 4.95. The third kappa shape index (κ3) is 2.46. The molecule has 0 spiro atoms. The maximum Gasteiger partial charge on any atom is 0.586 e. The lowest BCUT2D eigenvalue weighted by Crippen LogP contribution is -2.26. The number of benzene rings is 1. The third-order valence-electron chi connectivity index (χ3n) is 3.81. The summed E-state index contributed by atoms with van der Waals surface area (Å²) < 4.78 is 40.8. The fourth-order valence-corrected chi connectivity index (χ4v) is 4.67. The third-order valence-corrected chi connectivity index (χ3v) is 6.33. The van der Waals surface area contributed by atoms with E-state index in [0.29, 0.717) is 15.7 Å². The van der Waals surface area contributed by atoms with Crippen molar-refractivity contribution in [2.24, 2.45) is 0 Å². The number of nitrogens with zero attached hydrogens (tertiary/aromatic N) is 1. The van der Waals surface area contributed by atoms with Crippen molar-refractivity contribution in [3.05, 3.63) is 35.7 Å². The highest BCUT2D eigenvalue weighted by atomic mass is 32.2. The van der Waals surface area contributed by atoms with E-state index in [1.165, 1.54) is 24.6 Å². The van der Waals surface area contributed by atoms with Crippen LogP contribution in [0.1, 0.15) is 28.8 Å². The Morgan fingerprint density at radius 1 is 1.35 bits per heavy atom. The number of hydrogen-bond donors (Lipinski definition) is 0. The molecule has 2 heterocycles. The molecule has 0 N–H and O–H groups in total. The minimum Gasteiger partial charge on any atom is -0.395 e. The lowest BCUT2D eigenvalue weighted by Gasteiger charge is -2.10. The predicted molar refractivity (Wildman–Crippen MR) is 77.2 cm³/mol. The van der Waals surface area contributed by atoms with Crippen molar-refractivity contribution in [3.8, 4) is 11.5 Å². The van der Waals surface area contributed by atoms with E-state index in [9.17, 15) is 13.6 Å². The molecule has 0 radical (unpaired) electrons. The van der Waals surface area contributed by atoms with Gasteiger partial charge in [-0.25, -0.2) is 0 Å². The van der Waals surface area contributed by atoms with Crippen LogP contribution in [0.2, 0.25) is 0 Å². The fourth-order valence-electron chi connectivity index (χ4n) is 2.55. The van der Waals surface area contributed by atoms with Crippen LogP contribution >= 0.6 is 0 Å². The topological polar surface area (TPSA) is 61.6 Å². The van der Waals surface area contributed by atoms with Gasteiger partial charge < -0.3 is 14.0 Å². The lowest BCUT2D eigenvalue weighted by atomic mass is 10.1. The minimum absolute atomic E-state index is 0.0324. The molecule has 120 valence electrons. The van der Waals surface area contributed by atoms with Crippen molar-refractivity contribution in [1.82, 2.24) is 5.16 Å². The number of fused-ring (bicyclic) bond motifs is 1. The van der Waals surface area contributed by atoms with Gasteiger partial charge in [0.15, 0.2) is 5.75 Å². The minimum atomic E-state index is -3.70. The van der Waals surface area contributed by atoms with Crippen LogP contribution in [0.5, 0.6) is 11.5 Å². The molecule has 1 atom stereocenters. The van der Waals surface area contributed by atoms with Gasteiger partial charge in [0.25, 0.3) is 0 Å². The number of ether oxygens (including phenoxy) is 2. The van der Waals surface area contributed by atoms with Gasteiger partial charge in [-0.15, -0.1) is 8.78 Å². The second-order valence-corrected chi connectivity index (χ2v) is 7.63. The summed E-state index contributed by atoms with van der Waals surface area (Å²) in [5, 5.41) is 3.90. The number of carbonyl (C=O) groups excluding carboxylic acids is 1. The van der Waals surface area contributed by atoms with E-state index in [1.807, 2.05) is 6.26 Å². The first kappa shape index (κ1) is 14.5. The average Bonchev–Trinajstić information content (AvgIpc) is 3.10. The van der Waals surface area contributed by atoms with Crippen molar-refractivity contribution in [2.75, 3.05) is 6.26 Å². The van der Waals surface area contributed by atoms with Crippen LogP contribution in [0, 0.1) is 0 Å². The SMILES string of the molecule is C[S+](c1c(C(=O)c2cnoc2)ccc2c1OC(F)(F)O2)C1CC1. The van der Waals surface area contributed by atoms with Crippen molar-refractivity contribution < 1.29 is 27.6 Å². The summed E-state index contributed by atoms with van der Waals surface area (Å²) in [6.45, 7) is 0. The number of ketones is 1. The fraction of sp³-hybridized carbons (Fsp3) is 0.333. The number of alkyl halides is 2. The smallest absolute Gasteiger partial charge is 0.395 e. The van der Waals surface area contributed by atoms with E-state index in [2.05, 4.69) is 9.89 Å². The van der Waals surface area contributed by atoms with Gasteiger partial charge in [-0.2, -0.15) is 0 Å². The summed E-state index contributed by atoms with van der Waals surface area (Å²) in [7, 11) is -0.393. The first-order valence-electron chi connectivity index (χ1n) is 6.98. The Morgan fingerprint density at radius 3 is 2.78 bits per heavy atom. The molecule has 1 unspecified atom stereocenters. The quantitative estimate of drug-likeness (QED) is 0.632. The zero-order chi connectivity index (χ0) is 16.2. The first-order chi connectivity index (χ1) is 11.0. The molecule has 0 bridgehead atoms. The Balaban J connectivity index is 1.85. The highest BCUT2D eigenvalue weighted by Crippen LogP contribution is 2.49. The summed E-state index contributed by atoms with van der Waals surface area (Å²) in [5.41, 5.74) is 0.593. The van der Waals surface area contributed by atoms with Gasteiger partial charge in [-0.1, -0.05) is 5.16 Å². The molecule has 4 rings (SSSR count). The Labute approximate surface area is 132 Å². The molecule has 1 aliphatic carbocycles. The molecular formula is C15H12F2NO4S+. The van der Waals surface area contributed by atoms with E-state index in [-0.39, 0.29) is 22.8 Å². The Kier molecular flexibility index (Phi) is 3.12. The first-order valence-corrected chi connectivity index (χ1v) is 8.67. The Bertz CT molecular complexity index is 774. The molecule has 2 aromatic rings. The van der Waals surface area contributed by atoms with Crippen molar-refractivity contribution in [2.45, 2.75) is 29.3 Å². The van der Waals surface area contributed by atoms with Gasteiger partial charge in [0.2, 0.25) is 16.4 Å². The zero-order valence-electron chi connectivity index (χ0n) is 12.0. The molecule has 23 heavy (non-hydrogen) atoms. The largest absolute Gasteiger partial charge is 0.586 e. The number of hydrogen-bond acceptors (Lipinski definition) is 5. The Hall–Kier alpha value is -2.09. The van der Waals surface area contributed by atoms with E-state index in [1.54, 1.807) is 0 Å². The van der Waals surface area contributed by atoms with Crippen molar-refractivity contribution >= 4 is 16.7 Å². The molecule has 2 aliphatic rings. The molecule has 1 saturated carbocycles. The standard InChI is InChI=1S/C15H12F2NO4S/c1-23(9-2-3-9)14-10(12(19)8-6-18-20-7-8)4-5-11-13(14)22-15(16,17)21-11/h4-7,9H,2-3H2,1H3/q+1. The molecule has 5 nitrogen and oxygen atoms in total. The van der Waals surface area contributed by atoms with Crippen molar-refractivity contribution in [1.29, 1.82) is 0 Å². The van der Waals surface area contributed by atoms with Gasteiger partial charge >= 0.3 is 6.29 Å². The molecule has 1 aromatic heterocycles. The number of carbonyl (C=O) groups is 1. The summed E-state index contributed by atoms with van der Waals surface area (Å²) in [6.07, 6.45) is 2.80. The van der Waals surface area contributed by atoms with Gasteiger partial charge in [0, 0.05) is 23.7 Å². The number of halogens is 2. The van der Waals surface area contributed by atoms with Crippen LogP contribution in [0.15, 0.2) is 34.0 Å². The molecule has 1 aromatic carbocycles. The predicted octanol–water partition coefficient (Wildman–Crippen LogP) is 3.00. The lowest BCUT2D eigenvalue weighted by molar-refractivity contribution is -0.287. The molecule has 1 aliphatic heterocycles. The van der Waals surface area contributed by atoms with E-state index >= 15 is 0 Å². The van der Waals surface area contributed by atoms with Crippen LogP contribution < -0.4 is 9.47 Å². The van der Waals surface area contributed by atoms with Crippen LogP contribution in [-0.4, -0.2) is 28.7 Å². The van der Waals surface area contributed by atoms with E-state index in [0.717, 1.165) is 12.8 Å². The van der Waals surface area contributed by atoms with Gasteiger partial charge in [-0.3, -0.25) is 4.79 Å². The molecule has 0 amide bonds. The van der Waals surface area contributed by atoms with E-state index in [4.69, 9.17) is 9.26 Å². The highest BCUT2D eigenvalue weighted by Gasteiger charge is 2.51. The molecule has 1 fully saturated rings. The van der Waals surface area contributed by atoms with Gasteiger partial charge in [0.1, 0.15) is 17.8 Å². The normalized spacial score (nSPS) is 19.6. The summed E-state index contributed by atoms with van der Waals surface area (Å²) in [4.78, 5) is 13.2. The number of rotatable bonds is 4. The average molecular weight is 340 g/mol. The van der Waals surface area contributed by atoms with Gasteiger partial charge in [-0.05, 0) is 12.1 Å². The monoisotopic (exact) mass is 340 g/mol. The van der Waals surface area contributed by atoms with Gasteiger partial charge in [0.05, 0.1) is 17.3 Å². The van der Waals surface area contributed by atoms with E-state index < -0.39 is 17.2 Å². The van der Waals surface area contributed by atoms with Crippen molar-refractivity contribution in [3.63, 3.8) is 0 Å². The van der Waals surface area contributed by atoms with Crippen LogP contribution in [0.4, 0.5) is 8.78 Å². The molecule has 8 heteroatoms. The summed E-state index contributed by atoms with van der Waals surface area (Å²) >= 11 is 0. The maximum absolute atomic E-state index is 13.5.